The number of ketones is 2. The van der Waals surface area contributed by atoms with Crippen LogP contribution in [0.5, 0.6) is 0 Å². The van der Waals surface area contributed by atoms with Crippen molar-refractivity contribution in [2.75, 3.05) is 6.54 Å². The molecule has 0 amide bonds. The zero-order chi connectivity index (χ0) is 20.3. The second-order valence-electron chi connectivity index (χ2n) is 10.2. The number of rotatable bonds is 2. The third-order valence-corrected chi connectivity index (χ3v) is 6.47. The quantitative estimate of drug-likeness (QED) is 0.693. The van der Waals surface area contributed by atoms with E-state index in [0.29, 0.717) is 12.8 Å². The third kappa shape index (κ3) is 3.05. The van der Waals surface area contributed by atoms with Gasteiger partial charge in [0.25, 0.3) is 0 Å². The highest BCUT2D eigenvalue weighted by molar-refractivity contribution is 6.06. The molecule has 0 saturated carbocycles. The van der Waals surface area contributed by atoms with Gasteiger partial charge in [-0.15, -0.1) is 0 Å². The first-order chi connectivity index (χ1) is 13.1. The summed E-state index contributed by atoms with van der Waals surface area (Å²) in [5, 5.41) is 0. The van der Waals surface area contributed by atoms with E-state index in [4.69, 9.17) is 0 Å². The van der Waals surface area contributed by atoms with Crippen molar-refractivity contribution in [2.24, 2.45) is 10.8 Å². The van der Waals surface area contributed by atoms with Gasteiger partial charge in [0.2, 0.25) is 0 Å². The van der Waals surface area contributed by atoms with E-state index in [0.717, 1.165) is 47.5 Å². The molecule has 1 aliphatic heterocycles. The maximum Gasteiger partial charge on any atom is 0.162 e. The highest BCUT2D eigenvalue weighted by atomic mass is 16.1. The maximum atomic E-state index is 13.4. The Kier molecular flexibility index (Phi) is 4.41. The standard InChI is InChI=1S/C25H31NO2/c1-6-26-17-12-24(2,3)14-19(27)22(17)21(16-10-8-7-9-11-16)23-18(26)13-25(4,5)15-20(23)28/h7-11,21H,6,12-15H2,1-5H3. The number of allylic oxidation sites excluding steroid dienone is 4. The molecule has 0 N–H and O–H groups in total. The van der Waals surface area contributed by atoms with E-state index in [1.807, 2.05) is 18.2 Å². The van der Waals surface area contributed by atoms with E-state index >= 15 is 0 Å². The van der Waals surface area contributed by atoms with E-state index in [1.165, 1.54) is 0 Å². The summed E-state index contributed by atoms with van der Waals surface area (Å²) < 4.78 is 0. The van der Waals surface area contributed by atoms with Crippen LogP contribution in [0, 0.1) is 10.8 Å². The molecule has 3 nitrogen and oxygen atoms in total. The van der Waals surface area contributed by atoms with Crippen molar-refractivity contribution in [1.29, 1.82) is 0 Å². The molecule has 28 heavy (non-hydrogen) atoms. The van der Waals surface area contributed by atoms with Gasteiger partial charge < -0.3 is 4.90 Å². The van der Waals surface area contributed by atoms with Crippen molar-refractivity contribution in [3.8, 4) is 0 Å². The van der Waals surface area contributed by atoms with Gasteiger partial charge in [-0.25, -0.2) is 0 Å². The van der Waals surface area contributed by atoms with Crippen LogP contribution in [0.4, 0.5) is 0 Å². The minimum absolute atomic E-state index is 0.0448. The molecule has 1 heterocycles. The van der Waals surface area contributed by atoms with Gasteiger partial charge in [0.15, 0.2) is 11.6 Å². The summed E-state index contributed by atoms with van der Waals surface area (Å²) >= 11 is 0. The lowest BCUT2D eigenvalue weighted by Crippen LogP contribution is -2.44. The van der Waals surface area contributed by atoms with Crippen molar-refractivity contribution in [3.63, 3.8) is 0 Å². The van der Waals surface area contributed by atoms with Crippen molar-refractivity contribution < 1.29 is 9.59 Å². The van der Waals surface area contributed by atoms with Gasteiger partial charge in [0.1, 0.15) is 0 Å². The maximum absolute atomic E-state index is 13.4. The molecule has 0 aromatic heterocycles. The van der Waals surface area contributed by atoms with Crippen LogP contribution in [0.25, 0.3) is 0 Å². The Morgan fingerprint density at radius 2 is 1.29 bits per heavy atom. The van der Waals surface area contributed by atoms with Crippen LogP contribution >= 0.6 is 0 Å². The summed E-state index contributed by atoms with van der Waals surface area (Å²) in [5.41, 5.74) is 5.04. The van der Waals surface area contributed by atoms with Crippen LogP contribution in [0.1, 0.15) is 71.8 Å². The molecule has 2 aliphatic carbocycles. The molecular formula is C25H31NO2. The predicted molar refractivity (Wildman–Crippen MR) is 112 cm³/mol. The van der Waals surface area contributed by atoms with E-state index < -0.39 is 0 Å². The predicted octanol–water partition coefficient (Wildman–Crippen LogP) is 5.39. The average Bonchev–Trinajstić information content (AvgIpc) is 2.58. The first kappa shape index (κ1) is 19.2. The summed E-state index contributed by atoms with van der Waals surface area (Å²) in [6.07, 6.45) is 2.87. The molecule has 0 bridgehead atoms. The van der Waals surface area contributed by atoms with Gasteiger partial charge in [-0.2, -0.15) is 0 Å². The van der Waals surface area contributed by atoms with Crippen molar-refractivity contribution in [2.45, 2.75) is 66.2 Å². The second kappa shape index (κ2) is 6.43. The number of Topliss-reactive ketones (excluding diaryl/α,β-unsaturated/α-hetero) is 2. The SMILES string of the molecule is CCN1C2=C(C(=O)CC(C)(C)C2)C(c2ccccc2)C2=C1CC(C)(C)CC2=O. The molecule has 0 radical (unpaired) electrons. The summed E-state index contributed by atoms with van der Waals surface area (Å²) in [5.74, 6) is 0.215. The fourth-order valence-electron chi connectivity index (χ4n) is 5.41. The van der Waals surface area contributed by atoms with Crippen LogP contribution in [-0.4, -0.2) is 23.0 Å². The molecule has 3 heteroatoms. The number of carbonyl (C=O) groups excluding carboxylic acids is 2. The molecule has 0 fully saturated rings. The minimum atomic E-state index is -0.207. The summed E-state index contributed by atoms with van der Waals surface area (Å²) in [6.45, 7) is 11.7. The lowest BCUT2D eigenvalue weighted by molar-refractivity contribution is -0.119. The van der Waals surface area contributed by atoms with Gasteiger partial charge in [-0.05, 0) is 36.2 Å². The third-order valence-electron chi connectivity index (χ3n) is 6.47. The Bertz CT molecular complexity index is 848. The monoisotopic (exact) mass is 377 g/mol. The number of nitrogens with zero attached hydrogens (tertiary/aromatic N) is 1. The summed E-state index contributed by atoms with van der Waals surface area (Å²) in [7, 11) is 0. The summed E-state index contributed by atoms with van der Waals surface area (Å²) in [4.78, 5) is 29.1. The lowest BCUT2D eigenvalue weighted by atomic mass is 9.63. The Balaban J connectivity index is 1.98. The van der Waals surface area contributed by atoms with Crippen molar-refractivity contribution >= 4 is 11.6 Å². The number of carbonyl (C=O) groups is 2. The minimum Gasteiger partial charge on any atom is -0.348 e. The lowest BCUT2D eigenvalue weighted by Gasteiger charge is -2.48. The Labute approximate surface area is 168 Å². The topological polar surface area (TPSA) is 37.4 Å². The highest BCUT2D eigenvalue weighted by Gasteiger charge is 2.48. The van der Waals surface area contributed by atoms with Crippen LogP contribution in [0.2, 0.25) is 0 Å². The first-order valence-corrected chi connectivity index (χ1v) is 10.5. The summed E-state index contributed by atoms with van der Waals surface area (Å²) in [6, 6.07) is 10.2. The molecular weight excluding hydrogens is 346 g/mol. The van der Waals surface area contributed by atoms with Crippen molar-refractivity contribution in [1.82, 2.24) is 4.90 Å². The Morgan fingerprint density at radius 3 is 1.71 bits per heavy atom. The first-order valence-electron chi connectivity index (χ1n) is 10.5. The van der Waals surface area contributed by atoms with E-state index in [1.54, 1.807) is 0 Å². The Hall–Kier alpha value is -2.16. The van der Waals surface area contributed by atoms with Crippen LogP contribution in [0.3, 0.4) is 0 Å². The fourth-order valence-corrected chi connectivity index (χ4v) is 5.41. The molecule has 0 unspecified atom stereocenters. The normalized spacial score (nSPS) is 24.4. The van der Waals surface area contributed by atoms with Gasteiger partial charge in [-0.1, -0.05) is 58.0 Å². The van der Waals surface area contributed by atoms with E-state index in [9.17, 15) is 9.59 Å². The Morgan fingerprint density at radius 1 is 0.821 bits per heavy atom. The smallest absolute Gasteiger partial charge is 0.162 e. The van der Waals surface area contributed by atoms with Gasteiger partial charge in [-0.3, -0.25) is 9.59 Å². The van der Waals surface area contributed by atoms with Gasteiger partial charge >= 0.3 is 0 Å². The largest absolute Gasteiger partial charge is 0.348 e. The molecule has 0 saturated heterocycles. The van der Waals surface area contributed by atoms with Crippen molar-refractivity contribution in [3.05, 3.63) is 58.4 Å². The molecule has 3 aliphatic rings. The number of benzene rings is 1. The van der Waals surface area contributed by atoms with Gasteiger partial charge in [0, 0.05) is 47.8 Å². The zero-order valence-corrected chi connectivity index (χ0v) is 17.8. The van der Waals surface area contributed by atoms with Crippen LogP contribution < -0.4 is 0 Å². The molecule has 1 aromatic carbocycles. The van der Waals surface area contributed by atoms with Crippen LogP contribution in [0.15, 0.2) is 52.9 Å². The van der Waals surface area contributed by atoms with E-state index in [-0.39, 0.29) is 28.3 Å². The highest BCUT2D eigenvalue weighted by Crippen LogP contribution is 2.54. The van der Waals surface area contributed by atoms with Crippen LogP contribution in [-0.2, 0) is 9.59 Å². The average molecular weight is 378 g/mol. The fraction of sp³-hybridized carbons (Fsp3) is 0.520. The molecule has 1 aromatic rings. The van der Waals surface area contributed by atoms with E-state index in [2.05, 4.69) is 51.7 Å². The zero-order valence-electron chi connectivity index (χ0n) is 17.8. The van der Waals surface area contributed by atoms with Gasteiger partial charge in [0.05, 0.1) is 0 Å². The second-order valence-corrected chi connectivity index (χ2v) is 10.2. The molecule has 4 rings (SSSR count). The molecule has 148 valence electrons. The molecule has 0 spiro atoms. The number of hydrogen-bond acceptors (Lipinski definition) is 3. The number of hydrogen-bond donors (Lipinski definition) is 0. The molecule has 0 atom stereocenters.